The van der Waals surface area contributed by atoms with Crippen molar-refractivity contribution < 1.29 is 23.1 Å². The average Bonchev–Trinajstić information content (AvgIpc) is 3.38. The molecule has 2 amide bonds. The maximum absolute atomic E-state index is 14.1. The zero-order valence-electron chi connectivity index (χ0n) is 16.7. The molecule has 0 spiro atoms. The number of ether oxygens (including phenoxy) is 1. The van der Waals surface area contributed by atoms with Gasteiger partial charge in [0.2, 0.25) is 0 Å². The Balaban J connectivity index is 1.39. The number of halogens is 1. The van der Waals surface area contributed by atoms with Crippen LogP contribution in [-0.2, 0) is 17.7 Å². The van der Waals surface area contributed by atoms with Gasteiger partial charge >= 0.3 is 6.09 Å². The molecule has 1 aromatic carbocycles. The van der Waals surface area contributed by atoms with Crippen molar-refractivity contribution in [2.24, 2.45) is 0 Å². The first-order valence-electron chi connectivity index (χ1n) is 10.0. The Bertz CT molecular complexity index is 1170. The molecule has 0 saturated heterocycles. The minimum atomic E-state index is -0.568. The summed E-state index contributed by atoms with van der Waals surface area (Å²) in [6.45, 7) is 3.03. The number of thiophene rings is 1. The lowest BCUT2D eigenvalue weighted by molar-refractivity contribution is 0.0929. The topological polar surface area (TPSA) is 83.8 Å². The Morgan fingerprint density at radius 3 is 2.94 bits per heavy atom. The third-order valence-corrected chi connectivity index (χ3v) is 6.56. The van der Waals surface area contributed by atoms with E-state index in [1.807, 2.05) is 0 Å². The summed E-state index contributed by atoms with van der Waals surface area (Å²) in [4.78, 5) is 27.6. The summed E-state index contributed by atoms with van der Waals surface area (Å²) in [5, 5.41) is 6.98. The van der Waals surface area contributed by atoms with Crippen LogP contribution in [-0.4, -0.2) is 30.1 Å². The Morgan fingerprint density at radius 1 is 1.29 bits per heavy atom. The molecule has 2 aromatic heterocycles. The lowest BCUT2D eigenvalue weighted by atomic mass is 10.0. The van der Waals surface area contributed by atoms with Crippen molar-refractivity contribution >= 4 is 28.3 Å². The van der Waals surface area contributed by atoms with Crippen molar-refractivity contribution in [2.75, 3.05) is 18.5 Å². The quantitative estimate of drug-likeness (QED) is 0.625. The number of nitrogens with one attached hydrogen (secondary N) is 2. The molecular weight excluding hydrogens is 421 g/mol. The summed E-state index contributed by atoms with van der Waals surface area (Å²) < 4.78 is 25.0. The molecular formula is C22H20FN3O4S. The Kier molecular flexibility index (Phi) is 4.90. The fourth-order valence-electron chi connectivity index (χ4n) is 3.94. The normalized spacial score (nSPS) is 17.4. The first-order valence-corrected chi connectivity index (χ1v) is 10.8. The fraction of sp³-hybridized carbons (Fsp3) is 0.273. The highest BCUT2D eigenvalue weighted by Gasteiger charge is 2.35. The van der Waals surface area contributed by atoms with Crippen molar-refractivity contribution in [2.45, 2.75) is 26.1 Å². The SMILES string of the molecule is CCOC(=O)N1CCc2c(sc3c2C(=O)N[C@@H](c2ccc(-c4ccccc4F)o2)N3)C1. The number of anilines is 1. The second-order valence-electron chi connectivity index (χ2n) is 7.31. The van der Waals surface area contributed by atoms with Gasteiger partial charge in [-0.2, -0.15) is 0 Å². The average molecular weight is 441 g/mol. The molecule has 2 N–H and O–H groups in total. The number of carbonyl (C=O) groups is 2. The van der Waals surface area contributed by atoms with Crippen LogP contribution in [0.25, 0.3) is 11.3 Å². The van der Waals surface area contributed by atoms with Crippen molar-refractivity contribution in [3.05, 3.63) is 64.0 Å². The molecule has 31 heavy (non-hydrogen) atoms. The van der Waals surface area contributed by atoms with Gasteiger partial charge in [-0.25, -0.2) is 9.18 Å². The molecule has 1 atom stereocenters. The molecule has 0 bridgehead atoms. The maximum Gasteiger partial charge on any atom is 0.410 e. The van der Waals surface area contributed by atoms with E-state index in [0.29, 0.717) is 48.8 Å². The van der Waals surface area contributed by atoms with Crippen LogP contribution in [0.15, 0.2) is 40.8 Å². The van der Waals surface area contributed by atoms with Crippen LogP contribution in [0.3, 0.4) is 0 Å². The van der Waals surface area contributed by atoms with Gasteiger partial charge in [0, 0.05) is 11.4 Å². The minimum Gasteiger partial charge on any atom is -0.457 e. The van der Waals surface area contributed by atoms with Gasteiger partial charge in [-0.15, -0.1) is 11.3 Å². The lowest BCUT2D eigenvalue weighted by Gasteiger charge is -2.27. The number of fused-ring (bicyclic) bond motifs is 3. The summed E-state index contributed by atoms with van der Waals surface area (Å²) in [5.41, 5.74) is 1.96. The highest BCUT2D eigenvalue weighted by molar-refractivity contribution is 7.16. The molecule has 0 fully saturated rings. The Hall–Kier alpha value is -3.33. The third-order valence-electron chi connectivity index (χ3n) is 5.41. The van der Waals surface area contributed by atoms with Gasteiger partial charge in [-0.05, 0) is 43.2 Å². The highest BCUT2D eigenvalue weighted by Crippen LogP contribution is 2.41. The summed E-state index contributed by atoms with van der Waals surface area (Å²) >= 11 is 1.46. The lowest BCUT2D eigenvalue weighted by Crippen LogP contribution is -2.39. The molecule has 0 unspecified atom stereocenters. The van der Waals surface area contributed by atoms with Gasteiger partial charge in [0.1, 0.15) is 22.3 Å². The van der Waals surface area contributed by atoms with E-state index in [2.05, 4.69) is 10.6 Å². The van der Waals surface area contributed by atoms with Crippen LogP contribution >= 0.6 is 11.3 Å². The molecule has 7 nitrogen and oxygen atoms in total. The van der Waals surface area contributed by atoms with E-state index in [1.165, 1.54) is 17.4 Å². The number of furan rings is 1. The number of amides is 2. The van der Waals surface area contributed by atoms with Crippen LogP contribution in [0.1, 0.15) is 39.6 Å². The van der Waals surface area contributed by atoms with Crippen molar-refractivity contribution in [1.82, 2.24) is 10.2 Å². The first-order chi connectivity index (χ1) is 15.0. The molecule has 9 heteroatoms. The van der Waals surface area contributed by atoms with Gasteiger partial charge in [-0.1, -0.05) is 12.1 Å². The monoisotopic (exact) mass is 441 g/mol. The van der Waals surface area contributed by atoms with Crippen molar-refractivity contribution in [1.29, 1.82) is 0 Å². The smallest absolute Gasteiger partial charge is 0.410 e. The van der Waals surface area contributed by atoms with Crippen LogP contribution in [0.2, 0.25) is 0 Å². The van der Waals surface area contributed by atoms with Gasteiger partial charge in [0.15, 0.2) is 6.17 Å². The third kappa shape index (κ3) is 3.44. The van der Waals surface area contributed by atoms with E-state index >= 15 is 0 Å². The second-order valence-corrected chi connectivity index (χ2v) is 8.42. The van der Waals surface area contributed by atoms with Crippen LogP contribution in [0.4, 0.5) is 14.2 Å². The van der Waals surface area contributed by atoms with Crippen LogP contribution in [0, 0.1) is 5.82 Å². The predicted octanol–water partition coefficient (Wildman–Crippen LogP) is 4.52. The molecule has 2 aliphatic heterocycles. The van der Waals surface area contributed by atoms with E-state index < -0.39 is 6.17 Å². The fourth-order valence-corrected chi connectivity index (χ4v) is 5.23. The van der Waals surface area contributed by atoms with E-state index in [0.717, 1.165) is 15.4 Å². The van der Waals surface area contributed by atoms with Crippen LogP contribution < -0.4 is 10.6 Å². The molecule has 5 rings (SSSR count). The zero-order valence-corrected chi connectivity index (χ0v) is 17.6. The van der Waals surface area contributed by atoms with E-state index in [4.69, 9.17) is 9.15 Å². The van der Waals surface area contributed by atoms with Crippen molar-refractivity contribution in [3.63, 3.8) is 0 Å². The summed E-state index contributed by atoms with van der Waals surface area (Å²) in [6.07, 6.45) is -0.314. The van der Waals surface area contributed by atoms with E-state index in [9.17, 15) is 14.0 Å². The molecule has 0 aliphatic carbocycles. The van der Waals surface area contributed by atoms with E-state index in [-0.39, 0.29) is 17.8 Å². The largest absolute Gasteiger partial charge is 0.457 e. The van der Waals surface area contributed by atoms with E-state index in [1.54, 1.807) is 42.2 Å². The minimum absolute atomic E-state index is 0.190. The number of carbonyl (C=O) groups excluding carboxylic acids is 2. The second kappa shape index (κ2) is 7.73. The summed E-state index contributed by atoms with van der Waals surface area (Å²) in [6, 6.07) is 9.79. The molecule has 160 valence electrons. The predicted molar refractivity (Wildman–Crippen MR) is 113 cm³/mol. The number of hydrogen-bond acceptors (Lipinski definition) is 6. The zero-order chi connectivity index (χ0) is 21.5. The van der Waals surface area contributed by atoms with Gasteiger partial charge in [-0.3, -0.25) is 4.79 Å². The molecule has 3 aromatic rings. The summed E-state index contributed by atoms with van der Waals surface area (Å²) in [7, 11) is 0. The van der Waals surface area contributed by atoms with Crippen molar-refractivity contribution in [3.8, 4) is 11.3 Å². The molecule has 0 radical (unpaired) electrons. The number of nitrogens with zero attached hydrogens (tertiary/aromatic N) is 1. The van der Waals surface area contributed by atoms with Gasteiger partial charge in [0.25, 0.3) is 5.91 Å². The molecule has 2 aliphatic rings. The Labute approximate surface area is 181 Å². The summed E-state index contributed by atoms with van der Waals surface area (Å²) in [5.74, 6) is 0.315. The number of rotatable bonds is 3. The molecule has 0 saturated carbocycles. The molecule has 4 heterocycles. The van der Waals surface area contributed by atoms with Crippen LogP contribution in [0.5, 0.6) is 0 Å². The van der Waals surface area contributed by atoms with Gasteiger partial charge in [0.05, 0.1) is 24.3 Å². The first kappa shape index (κ1) is 19.6. The maximum atomic E-state index is 14.1. The standard InChI is InChI=1S/C22H20FN3O4S/c1-2-29-22(28)26-10-9-13-17(11-26)31-21-18(13)20(27)24-19(25-21)16-8-7-15(30-16)12-5-3-4-6-14(12)23/h3-8,19,25H,2,9-11H2,1H3,(H,24,27)/t19-/m1/s1. The van der Waals surface area contributed by atoms with Gasteiger partial charge < -0.3 is 24.7 Å². The highest BCUT2D eigenvalue weighted by atomic mass is 32.1. The number of benzene rings is 1. The Morgan fingerprint density at radius 2 is 2.13 bits per heavy atom. The number of hydrogen-bond donors (Lipinski definition) is 2.